The first-order valence-corrected chi connectivity index (χ1v) is 7.83. The van der Waals surface area contributed by atoms with Gasteiger partial charge in [0.25, 0.3) is 0 Å². The first-order valence-electron chi connectivity index (χ1n) is 7.83. The number of likely N-dealkylation sites (N-methyl/N-ethyl adjacent to an activating group) is 1. The molecular weight excluding hydrogens is 248 g/mol. The molecule has 0 bridgehead atoms. The number of hydrogen-bond donors (Lipinski definition) is 2. The van der Waals surface area contributed by atoms with Gasteiger partial charge in [-0.05, 0) is 38.9 Å². The Morgan fingerprint density at radius 2 is 1.95 bits per heavy atom. The largest absolute Gasteiger partial charge is 0.391 e. The average Bonchev–Trinajstić information content (AvgIpc) is 2.49. The Labute approximate surface area is 123 Å². The van der Waals surface area contributed by atoms with E-state index < -0.39 is 0 Å². The quantitative estimate of drug-likeness (QED) is 0.838. The van der Waals surface area contributed by atoms with Gasteiger partial charge in [0.05, 0.1) is 6.10 Å². The molecule has 1 aliphatic rings. The fourth-order valence-electron chi connectivity index (χ4n) is 3.27. The third kappa shape index (κ3) is 4.05. The Morgan fingerprint density at radius 3 is 2.60 bits per heavy atom. The Balaban J connectivity index is 1.86. The standard InChI is InChI=1S/C17H28N2O/c1-18-15(14-8-4-3-5-9-14)12-13-19(2)16-10-6-7-11-17(16)20/h3-5,8-9,15-18,20H,6-7,10-13H2,1-2H3. The van der Waals surface area contributed by atoms with Gasteiger partial charge in [-0.3, -0.25) is 0 Å². The molecule has 3 unspecified atom stereocenters. The van der Waals surface area contributed by atoms with Crippen LogP contribution in [-0.4, -0.2) is 42.8 Å². The monoisotopic (exact) mass is 276 g/mol. The molecule has 0 aromatic heterocycles. The van der Waals surface area contributed by atoms with E-state index in [1.807, 2.05) is 7.05 Å². The van der Waals surface area contributed by atoms with Crippen LogP contribution in [0, 0.1) is 0 Å². The zero-order valence-electron chi connectivity index (χ0n) is 12.8. The summed E-state index contributed by atoms with van der Waals surface area (Å²) in [5.41, 5.74) is 1.34. The third-order valence-corrected chi connectivity index (χ3v) is 4.58. The molecule has 0 heterocycles. The van der Waals surface area contributed by atoms with Gasteiger partial charge in [-0.25, -0.2) is 0 Å². The number of aliphatic hydroxyl groups is 1. The normalized spacial score (nSPS) is 24.8. The van der Waals surface area contributed by atoms with Gasteiger partial charge in [0.2, 0.25) is 0 Å². The highest BCUT2D eigenvalue weighted by molar-refractivity contribution is 5.18. The number of aliphatic hydroxyl groups excluding tert-OH is 1. The van der Waals surface area contributed by atoms with Gasteiger partial charge in [0.15, 0.2) is 0 Å². The van der Waals surface area contributed by atoms with Crippen molar-refractivity contribution in [3.8, 4) is 0 Å². The topological polar surface area (TPSA) is 35.5 Å². The van der Waals surface area contributed by atoms with Crippen molar-refractivity contribution in [2.75, 3.05) is 20.6 Å². The van der Waals surface area contributed by atoms with Crippen LogP contribution in [0.25, 0.3) is 0 Å². The van der Waals surface area contributed by atoms with Gasteiger partial charge < -0.3 is 15.3 Å². The molecule has 3 nitrogen and oxygen atoms in total. The van der Waals surface area contributed by atoms with Crippen molar-refractivity contribution >= 4 is 0 Å². The molecule has 2 N–H and O–H groups in total. The summed E-state index contributed by atoms with van der Waals surface area (Å²) >= 11 is 0. The highest BCUT2D eigenvalue weighted by Gasteiger charge is 2.26. The Hall–Kier alpha value is -0.900. The van der Waals surface area contributed by atoms with Gasteiger partial charge in [-0.1, -0.05) is 43.2 Å². The van der Waals surface area contributed by atoms with E-state index in [0.717, 1.165) is 25.8 Å². The van der Waals surface area contributed by atoms with Crippen molar-refractivity contribution in [2.24, 2.45) is 0 Å². The van der Waals surface area contributed by atoms with E-state index in [1.165, 1.54) is 18.4 Å². The molecule has 1 saturated carbocycles. The molecule has 3 atom stereocenters. The van der Waals surface area contributed by atoms with Crippen LogP contribution in [0.3, 0.4) is 0 Å². The van der Waals surface area contributed by atoms with Crippen molar-refractivity contribution in [1.29, 1.82) is 0 Å². The minimum atomic E-state index is -0.140. The second kappa shape index (κ2) is 7.77. The van der Waals surface area contributed by atoms with E-state index in [1.54, 1.807) is 0 Å². The molecule has 1 aliphatic carbocycles. The zero-order valence-corrected chi connectivity index (χ0v) is 12.8. The highest BCUT2D eigenvalue weighted by atomic mass is 16.3. The Morgan fingerprint density at radius 1 is 1.25 bits per heavy atom. The highest BCUT2D eigenvalue weighted by Crippen LogP contribution is 2.24. The fraction of sp³-hybridized carbons (Fsp3) is 0.647. The summed E-state index contributed by atoms with van der Waals surface area (Å²) < 4.78 is 0. The van der Waals surface area contributed by atoms with Crippen LogP contribution >= 0.6 is 0 Å². The van der Waals surface area contributed by atoms with Crippen molar-refractivity contribution in [2.45, 2.75) is 50.3 Å². The maximum Gasteiger partial charge on any atom is 0.0695 e. The van der Waals surface area contributed by atoms with Crippen LogP contribution in [0.1, 0.15) is 43.7 Å². The first kappa shape index (κ1) is 15.5. The maximum absolute atomic E-state index is 10.1. The predicted molar refractivity (Wildman–Crippen MR) is 83.8 cm³/mol. The van der Waals surface area contributed by atoms with E-state index >= 15 is 0 Å². The molecule has 0 saturated heterocycles. The summed E-state index contributed by atoms with van der Waals surface area (Å²) in [6, 6.07) is 11.3. The Bertz CT molecular complexity index is 382. The number of nitrogens with one attached hydrogen (secondary N) is 1. The van der Waals surface area contributed by atoms with E-state index in [2.05, 4.69) is 47.6 Å². The lowest BCUT2D eigenvalue weighted by atomic mass is 9.91. The fourth-order valence-corrected chi connectivity index (χ4v) is 3.27. The molecule has 1 fully saturated rings. The second-order valence-corrected chi connectivity index (χ2v) is 5.94. The van der Waals surface area contributed by atoms with Crippen molar-refractivity contribution in [3.63, 3.8) is 0 Å². The number of hydrogen-bond acceptors (Lipinski definition) is 3. The van der Waals surface area contributed by atoms with Crippen LogP contribution in [0.5, 0.6) is 0 Å². The summed E-state index contributed by atoms with van der Waals surface area (Å²) in [4.78, 5) is 2.34. The molecule has 112 valence electrons. The van der Waals surface area contributed by atoms with Crippen LogP contribution in [0.4, 0.5) is 0 Å². The summed E-state index contributed by atoms with van der Waals surface area (Å²) in [7, 11) is 4.17. The van der Waals surface area contributed by atoms with Gasteiger partial charge >= 0.3 is 0 Å². The van der Waals surface area contributed by atoms with Gasteiger partial charge in [0, 0.05) is 18.6 Å². The van der Waals surface area contributed by atoms with Crippen LogP contribution in [-0.2, 0) is 0 Å². The Kier molecular flexibility index (Phi) is 6.02. The summed E-state index contributed by atoms with van der Waals surface area (Å²) in [5.74, 6) is 0. The number of benzene rings is 1. The number of rotatable bonds is 6. The number of nitrogens with zero attached hydrogens (tertiary/aromatic N) is 1. The molecule has 3 heteroatoms. The smallest absolute Gasteiger partial charge is 0.0695 e. The van der Waals surface area contributed by atoms with Crippen molar-refractivity contribution in [1.82, 2.24) is 10.2 Å². The minimum Gasteiger partial charge on any atom is -0.391 e. The molecule has 0 aliphatic heterocycles. The molecule has 2 rings (SSSR count). The van der Waals surface area contributed by atoms with Crippen LogP contribution in [0.15, 0.2) is 30.3 Å². The molecule has 0 amide bonds. The molecule has 1 aromatic rings. The predicted octanol–water partition coefficient (Wildman–Crippen LogP) is 2.57. The summed E-state index contributed by atoms with van der Waals surface area (Å²) in [6.45, 7) is 1.02. The maximum atomic E-state index is 10.1. The van der Waals surface area contributed by atoms with Crippen LogP contribution < -0.4 is 5.32 Å². The third-order valence-electron chi connectivity index (χ3n) is 4.58. The lowest BCUT2D eigenvalue weighted by Crippen LogP contribution is -2.44. The van der Waals surface area contributed by atoms with Crippen LogP contribution in [0.2, 0.25) is 0 Å². The van der Waals surface area contributed by atoms with E-state index in [4.69, 9.17) is 0 Å². The van der Waals surface area contributed by atoms with Crippen molar-refractivity contribution in [3.05, 3.63) is 35.9 Å². The minimum absolute atomic E-state index is 0.140. The van der Waals surface area contributed by atoms with Gasteiger partial charge in [-0.2, -0.15) is 0 Å². The SMILES string of the molecule is CNC(CCN(C)C1CCCCC1O)c1ccccc1. The average molecular weight is 276 g/mol. The first-order chi connectivity index (χ1) is 9.72. The summed E-state index contributed by atoms with van der Waals surface area (Å²) in [5, 5.41) is 13.5. The molecular formula is C17H28N2O. The molecule has 0 radical (unpaired) electrons. The molecule has 20 heavy (non-hydrogen) atoms. The van der Waals surface area contributed by atoms with Gasteiger partial charge in [-0.15, -0.1) is 0 Å². The van der Waals surface area contributed by atoms with E-state index in [0.29, 0.717) is 12.1 Å². The summed E-state index contributed by atoms with van der Waals surface area (Å²) in [6.07, 6.45) is 5.45. The van der Waals surface area contributed by atoms with E-state index in [9.17, 15) is 5.11 Å². The second-order valence-electron chi connectivity index (χ2n) is 5.94. The molecule has 1 aromatic carbocycles. The van der Waals surface area contributed by atoms with E-state index in [-0.39, 0.29) is 6.10 Å². The van der Waals surface area contributed by atoms with Crippen molar-refractivity contribution < 1.29 is 5.11 Å². The molecule has 0 spiro atoms. The zero-order chi connectivity index (χ0) is 14.4. The van der Waals surface area contributed by atoms with Gasteiger partial charge in [0.1, 0.15) is 0 Å². The lowest BCUT2D eigenvalue weighted by molar-refractivity contribution is 0.0308. The lowest BCUT2D eigenvalue weighted by Gasteiger charge is -2.35.